The van der Waals surface area contributed by atoms with Gasteiger partial charge in [-0.3, -0.25) is 4.79 Å². The number of rotatable bonds is 5. The Labute approximate surface area is 115 Å². The average Bonchev–Trinajstić information content (AvgIpc) is 2.74. The fourth-order valence-corrected chi connectivity index (χ4v) is 2.62. The van der Waals surface area contributed by atoms with Crippen LogP contribution in [0.25, 0.3) is 10.4 Å². The Hall–Kier alpha value is -1.75. The van der Waals surface area contributed by atoms with Crippen LogP contribution < -0.4 is 11.1 Å². The van der Waals surface area contributed by atoms with Gasteiger partial charge in [0.15, 0.2) is 0 Å². The SMILES string of the molecule is [N-]=[N+]=NCCNC1(C(N)=O)Cc2ccc(Cl)cc2C1. The second kappa shape index (κ2) is 5.48. The van der Waals surface area contributed by atoms with E-state index in [-0.39, 0.29) is 6.54 Å². The van der Waals surface area contributed by atoms with Crippen LogP contribution >= 0.6 is 11.6 Å². The van der Waals surface area contributed by atoms with Crippen LogP contribution in [0.5, 0.6) is 0 Å². The van der Waals surface area contributed by atoms with Crippen LogP contribution in [0.15, 0.2) is 23.3 Å². The van der Waals surface area contributed by atoms with Gasteiger partial charge in [0.25, 0.3) is 0 Å². The highest BCUT2D eigenvalue weighted by atomic mass is 35.5. The van der Waals surface area contributed by atoms with Crippen LogP contribution in [-0.4, -0.2) is 24.5 Å². The molecular weight excluding hydrogens is 266 g/mol. The summed E-state index contributed by atoms with van der Waals surface area (Å²) in [4.78, 5) is 14.4. The van der Waals surface area contributed by atoms with Crippen molar-refractivity contribution in [2.75, 3.05) is 13.1 Å². The Kier molecular flexibility index (Phi) is 3.95. The summed E-state index contributed by atoms with van der Waals surface area (Å²) in [5.74, 6) is -0.402. The van der Waals surface area contributed by atoms with Gasteiger partial charge >= 0.3 is 0 Å². The first kappa shape index (κ1) is 13.7. The number of amides is 1. The molecule has 0 fully saturated rings. The summed E-state index contributed by atoms with van der Waals surface area (Å²) >= 11 is 5.95. The Morgan fingerprint density at radius 1 is 1.53 bits per heavy atom. The predicted octanol–water partition coefficient (Wildman–Crippen LogP) is 1.56. The van der Waals surface area contributed by atoms with Crippen molar-refractivity contribution in [2.24, 2.45) is 10.8 Å². The maximum Gasteiger partial charge on any atom is 0.238 e. The lowest BCUT2D eigenvalue weighted by atomic mass is 9.95. The lowest BCUT2D eigenvalue weighted by Crippen LogP contribution is -2.57. The number of nitrogens with zero attached hydrogens (tertiary/aromatic N) is 3. The van der Waals surface area contributed by atoms with Crippen molar-refractivity contribution in [3.63, 3.8) is 0 Å². The van der Waals surface area contributed by atoms with E-state index in [1.54, 1.807) is 6.07 Å². The van der Waals surface area contributed by atoms with E-state index in [2.05, 4.69) is 15.3 Å². The number of carbonyl (C=O) groups excluding carboxylic acids is 1. The highest BCUT2D eigenvalue weighted by Crippen LogP contribution is 2.31. The highest BCUT2D eigenvalue weighted by Gasteiger charge is 2.41. The number of carbonyl (C=O) groups is 1. The molecule has 1 amide bonds. The molecule has 0 saturated carbocycles. The zero-order valence-electron chi connectivity index (χ0n) is 10.3. The molecule has 1 aliphatic rings. The number of azide groups is 1. The summed E-state index contributed by atoms with van der Waals surface area (Å²) in [7, 11) is 0. The molecule has 3 N–H and O–H groups in total. The zero-order valence-corrected chi connectivity index (χ0v) is 11.0. The third kappa shape index (κ3) is 2.81. The molecule has 0 bridgehead atoms. The van der Waals surface area contributed by atoms with Crippen molar-refractivity contribution >= 4 is 17.5 Å². The van der Waals surface area contributed by atoms with E-state index >= 15 is 0 Å². The number of hydrogen-bond donors (Lipinski definition) is 2. The van der Waals surface area contributed by atoms with Crippen molar-refractivity contribution in [1.29, 1.82) is 0 Å². The smallest absolute Gasteiger partial charge is 0.238 e. The summed E-state index contributed by atoms with van der Waals surface area (Å²) in [5, 5.41) is 7.19. The molecule has 1 unspecified atom stereocenters. The molecule has 1 aliphatic carbocycles. The Bertz CT molecular complexity index is 555. The molecule has 1 aromatic carbocycles. The highest BCUT2D eigenvalue weighted by molar-refractivity contribution is 6.30. The van der Waals surface area contributed by atoms with Crippen LogP contribution in [0.4, 0.5) is 0 Å². The minimum atomic E-state index is -0.808. The van der Waals surface area contributed by atoms with Gasteiger partial charge in [-0.25, -0.2) is 0 Å². The summed E-state index contributed by atoms with van der Waals surface area (Å²) < 4.78 is 0. The van der Waals surface area contributed by atoms with Gasteiger partial charge in [-0.2, -0.15) is 0 Å². The van der Waals surface area contributed by atoms with Gasteiger partial charge in [0.2, 0.25) is 5.91 Å². The van der Waals surface area contributed by atoms with Gasteiger partial charge < -0.3 is 11.1 Å². The van der Waals surface area contributed by atoms with Crippen molar-refractivity contribution in [2.45, 2.75) is 18.4 Å². The maximum atomic E-state index is 11.8. The van der Waals surface area contributed by atoms with E-state index in [0.29, 0.717) is 24.4 Å². The van der Waals surface area contributed by atoms with Gasteiger partial charge in [0.05, 0.1) is 0 Å². The van der Waals surface area contributed by atoms with Crippen molar-refractivity contribution in [3.8, 4) is 0 Å². The van der Waals surface area contributed by atoms with Gasteiger partial charge in [0, 0.05) is 35.9 Å². The second-order valence-electron chi connectivity index (χ2n) is 4.59. The van der Waals surface area contributed by atoms with E-state index in [0.717, 1.165) is 11.1 Å². The number of fused-ring (bicyclic) bond motifs is 1. The minimum Gasteiger partial charge on any atom is -0.368 e. The summed E-state index contributed by atoms with van der Waals surface area (Å²) in [6.45, 7) is 0.692. The normalized spacial score (nSPS) is 20.7. The van der Waals surface area contributed by atoms with Crippen LogP contribution in [0.1, 0.15) is 11.1 Å². The van der Waals surface area contributed by atoms with Crippen LogP contribution in [0, 0.1) is 0 Å². The van der Waals surface area contributed by atoms with E-state index < -0.39 is 11.4 Å². The van der Waals surface area contributed by atoms with Crippen LogP contribution in [0.3, 0.4) is 0 Å². The molecule has 1 aromatic rings. The monoisotopic (exact) mass is 279 g/mol. The number of nitrogens with one attached hydrogen (secondary N) is 1. The Balaban J connectivity index is 2.16. The number of benzene rings is 1. The first-order valence-corrected chi connectivity index (χ1v) is 6.28. The molecule has 0 aliphatic heterocycles. The third-order valence-corrected chi connectivity index (χ3v) is 3.60. The van der Waals surface area contributed by atoms with Crippen LogP contribution in [-0.2, 0) is 17.6 Å². The Morgan fingerprint density at radius 2 is 2.26 bits per heavy atom. The quantitative estimate of drug-likeness (QED) is 0.369. The molecular formula is C12H14ClN5O. The number of hydrogen-bond acceptors (Lipinski definition) is 3. The molecule has 6 nitrogen and oxygen atoms in total. The molecule has 0 spiro atoms. The minimum absolute atomic E-state index is 0.280. The molecule has 19 heavy (non-hydrogen) atoms. The molecule has 0 heterocycles. The first-order chi connectivity index (χ1) is 9.07. The Morgan fingerprint density at radius 3 is 2.95 bits per heavy atom. The maximum absolute atomic E-state index is 11.8. The molecule has 0 saturated heterocycles. The summed E-state index contributed by atoms with van der Waals surface area (Å²) in [6, 6.07) is 5.57. The van der Waals surface area contributed by atoms with Crippen molar-refractivity contribution in [1.82, 2.24) is 5.32 Å². The van der Waals surface area contributed by atoms with E-state index in [9.17, 15) is 4.79 Å². The average molecular weight is 280 g/mol. The molecule has 1 atom stereocenters. The topological polar surface area (TPSA) is 104 Å². The number of halogens is 1. The lowest BCUT2D eigenvalue weighted by molar-refractivity contribution is -0.124. The van der Waals surface area contributed by atoms with E-state index in [1.807, 2.05) is 12.1 Å². The van der Waals surface area contributed by atoms with E-state index in [1.165, 1.54) is 0 Å². The third-order valence-electron chi connectivity index (χ3n) is 3.36. The zero-order chi connectivity index (χ0) is 13.9. The standard InChI is InChI=1S/C12H14ClN5O/c13-10-2-1-8-6-12(11(14)19,7-9(8)5-10)16-3-4-17-18-15/h1-2,5,16H,3-4,6-7H2,(H2,14,19). The molecule has 7 heteroatoms. The second-order valence-corrected chi connectivity index (χ2v) is 5.03. The van der Waals surface area contributed by atoms with Gasteiger partial charge in [0.1, 0.15) is 5.54 Å². The molecule has 2 rings (SSSR count). The number of nitrogens with two attached hydrogens (primary N) is 1. The molecule has 0 aromatic heterocycles. The summed E-state index contributed by atoms with van der Waals surface area (Å²) in [5.41, 5.74) is 15.0. The number of primary amides is 1. The molecule has 0 radical (unpaired) electrons. The lowest BCUT2D eigenvalue weighted by Gasteiger charge is -2.26. The van der Waals surface area contributed by atoms with Gasteiger partial charge in [-0.05, 0) is 28.8 Å². The fourth-order valence-electron chi connectivity index (χ4n) is 2.42. The van der Waals surface area contributed by atoms with Crippen molar-refractivity contribution in [3.05, 3.63) is 44.8 Å². The van der Waals surface area contributed by atoms with Crippen molar-refractivity contribution < 1.29 is 4.79 Å². The summed E-state index contributed by atoms with van der Waals surface area (Å²) in [6.07, 6.45) is 1.04. The predicted molar refractivity (Wildman–Crippen MR) is 72.8 cm³/mol. The molecule has 100 valence electrons. The fraction of sp³-hybridized carbons (Fsp3) is 0.417. The van der Waals surface area contributed by atoms with Crippen LogP contribution in [0.2, 0.25) is 5.02 Å². The van der Waals surface area contributed by atoms with Gasteiger partial charge in [-0.15, -0.1) is 0 Å². The van der Waals surface area contributed by atoms with Gasteiger partial charge in [-0.1, -0.05) is 22.8 Å². The van der Waals surface area contributed by atoms with E-state index in [4.69, 9.17) is 22.9 Å². The largest absolute Gasteiger partial charge is 0.368 e. The first-order valence-electron chi connectivity index (χ1n) is 5.90.